The number of carbonyl (C=O) groups is 1. The summed E-state index contributed by atoms with van der Waals surface area (Å²) in [6, 6.07) is 11.1. The average molecular weight is 485 g/mol. The highest BCUT2D eigenvalue weighted by atomic mass is 32.2. The fourth-order valence-corrected chi connectivity index (χ4v) is 3.57. The molecule has 0 aliphatic heterocycles. The average Bonchev–Trinajstić information content (AvgIpc) is 2.82. The zero-order valence-electron chi connectivity index (χ0n) is 19.1. The monoisotopic (exact) mass is 484 g/mol. The Bertz CT molecular complexity index is 1150. The van der Waals surface area contributed by atoms with Crippen molar-refractivity contribution in [3.05, 3.63) is 48.3 Å². The van der Waals surface area contributed by atoms with Crippen LogP contribution in [0.5, 0.6) is 11.5 Å². The maximum Gasteiger partial charge on any atom is 0.316 e. The number of hydrogen-bond acceptors (Lipinski definition) is 9. The number of carboxylic acids is 1. The number of terminal acetylenes is 1. The lowest BCUT2D eigenvalue weighted by atomic mass is 10.2. The van der Waals surface area contributed by atoms with Gasteiger partial charge >= 0.3 is 5.97 Å². The van der Waals surface area contributed by atoms with Crippen LogP contribution in [0, 0.1) is 12.3 Å². The van der Waals surface area contributed by atoms with Crippen LogP contribution in [-0.4, -0.2) is 59.0 Å². The van der Waals surface area contributed by atoms with Crippen LogP contribution in [0.4, 0.5) is 11.5 Å². The number of hydrogen-bond donors (Lipinski definition) is 3. The lowest BCUT2D eigenvalue weighted by molar-refractivity contribution is -0.136. The van der Waals surface area contributed by atoms with Crippen LogP contribution in [-0.2, 0) is 9.53 Å². The number of thioether (sulfide) groups is 1. The lowest BCUT2D eigenvalue weighted by Crippen LogP contribution is -2.14. The Morgan fingerprint density at radius 2 is 1.94 bits per heavy atom. The van der Waals surface area contributed by atoms with Gasteiger partial charge in [0.15, 0.2) is 11.5 Å². The molecule has 3 aromatic rings. The molecule has 0 aliphatic carbocycles. The Hall–Kier alpha value is -3.52. The predicted octanol–water partition coefficient (Wildman–Crippen LogP) is 4.13. The zero-order chi connectivity index (χ0) is 23.6. The van der Waals surface area contributed by atoms with Crippen LogP contribution in [0.15, 0.2) is 42.7 Å². The summed E-state index contributed by atoms with van der Waals surface area (Å²) in [6.07, 6.45) is 6.97. The zero-order valence-corrected chi connectivity index (χ0v) is 19.9. The van der Waals surface area contributed by atoms with Gasteiger partial charge in [-0.1, -0.05) is 12.0 Å². The number of rotatable bonds is 12. The molecule has 1 heterocycles. The van der Waals surface area contributed by atoms with Crippen molar-refractivity contribution in [2.75, 3.05) is 38.0 Å². The first-order valence-electron chi connectivity index (χ1n) is 10.2. The van der Waals surface area contributed by atoms with Gasteiger partial charge in [-0.05, 0) is 31.2 Å². The summed E-state index contributed by atoms with van der Waals surface area (Å²) in [5.74, 6) is 3.92. The molecule has 0 spiro atoms. The van der Waals surface area contributed by atoms with E-state index in [2.05, 4.69) is 21.2 Å². The number of fused-ring (bicyclic) bond motifs is 1. The highest BCUT2D eigenvalue weighted by Crippen LogP contribution is 2.35. The van der Waals surface area contributed by atoms with Crippen LogP contribution in [0.3, 0.4) is 0 Å². The van der Waals surface area contributed by atoms with E-state index in [0.717, 1.165) is 16.6 Å². The molecular formula is C24H28N4O5S. The molecular weight excluding hydrogens is 456 g/mol. The molecule has 0 amide bonds. The Balaban J connectivity index is 0.00000408. The third kappa shape index (κ3) is 7.25. The number of aromatic nitrogens is 2. The minimum Gasteiger partial charge on any atom is -0.489 e. The molecule has 1 atom stereocenters. The highest BCUT2D eigenvalue weighted by Gasteiger charge is 2.14. The number of carboxylic acid groups (broad SMARTS) is 1. The first-order valence-corrected chi connectivity index (χ1v) is 11.3. The smallest absolute Gasteiger partial charge is 0.316 e. The SMILES string of the molecule is C#Cc1cccc(Nc2ncnc3cc(OCCSC(C)C(=O)O)c(OCCOC)cc23)c1.N. The fourth-order valence-electron chi connectivity index (χ4n) is 2.90. The van der Waals surface area contributed by atoms with E-state index in [1.54, 1.807) is 20.1 Å². The fraction of sp³-hybridized carbons (Fsp3) is 0.292. The Morgan fingerprint density at radius 1 is 1.18 bits per heavy atom. The predicted molar refractivity (Wildman–Crippen MR) is 135 cm³/mol. The minimum absolute atomic E-state index is 0. The molecule has 0 fully saturated rings. The Labute approximate surface area is 202 Å². The lowest BCUT2D eigenvalue weighted by Gasteiger charge is -2.15. The van der Waals surface area contributed by atoms with Gasteiger partial charge in [0.05, 0.1) is 24.0 Å². The molecule has 9 nitrogen and oxygen atoms in total. The number of aliphatic carboxylic acids is 1. The maximum absolute atomic E-state index is 11.0. The van der Waals surface area contributed by atoms with E-state index >= 15 is 0 Å². The molecule has 5 N–H and O–H groups in total. The molecule has 180 valence electrons. The Morgan fingerprint density at radius 3 is 2.68 bits per heavy atom. The van der Waals surface area contributed by atoms with E-state index in [4.69, 9.17) is 25.7 Å². The van der Waals surface area contributed by atoms with Gasteiger partial charge in [0.2, 0.25) is 0 Å². The van der Waals surface area contributed by atoms with Crippen LogP contribution in [0.25, 0.3) is 10.9 Å². The third-order valence-corrected chi connectivity index (χ3v) is 5.70. The standard InChI is InChI=1S/C24H25N3O5S.H3N/c1-4-17-6-5-7-18(12-17)27-23-19-13-21(31-9-8-30-3)22(14-20(19)25-15-26-23)32-10-11-33-16(2)24(28)29;/h1,5-7,12-16H,8-11H2,2-3H3,(H,28,29)(H,25,26,27);1H3. The largest absolute Gasteiger partial charge is 0.489 e. The summed E-state index contributed by atoms with van der Waals surface area (Å²) in [6.45, 7) is 2.72. The Kier molecular flexibility index (Phi) is 10.4. The molecule has 0 radical (unpaired) electrons. The highest BCUT2D eigenvalue weighted by molar-refractivity contribution is 8.00. The van der Waals surface area contributed by atoms with Crippen molar-refractivity contribution in [1.82, 2.24) is 16.1 Å². The molecule has 1 unspecified atom stereocenters. The van der Waals surface area contributed by atoms with Crippen molar-refractivity contribution in [2.45, 2.75) is 12.2 Å². The van der Waals surface area contributed by atoms with Crippen molar-refractivity contribution in [1.29, 1.82) is 0 Å². The number of anilines is 2. The number of nitrogens with zero attached hydrogens (tertiary/aromatic N) is 2. The van der Waals surface area contributed by atoms with Gasteiger partial charge < -0.3 is 30.8 Å². The molecule has 3 rings (SSSR count). The van der Waals surface area contributed by atoms with E-state index in [-0.39, 0.29) is 6.15 Å². The van der Waals surface area contributed by atoms with Crippen molar-refractivity contribution in [3.8, 4) is 23.8 Å². The van der Waals surface area contributed by atoms with Gasteiger partial charge in [0.25, 0.3) is 0 Å². The maximum atomic E-state index is 11.0. The number of methoxy groups -OCH3 is 1. The quantitative estimate of drug-likeness (QED) is 0.254. The summed E-state index contributed by atoms with van der Waals surface area (Å²) in [5, 5.41) is 12.5. The second kappa shape index (κ2) is 13.3. The van der Waals surface area contributed by atoms with Crippen LogP contribution >= 0.6 is 11.8 Å². The van der Waals surface area contributed by atoms with Gasteiger partial charge in [0.1, 0.15) is 18.8 Å². The number of benzene rings is 2. The van der Waals surface area contributed by atoms with Gasteiger partial charge in [0, 0.05) is 35.6 Å². The van der Waals surface area contributed by atoms with E-state index in [9.17, 15) is 4.79 Å². The van der Waals surface area contributed by atoms with Crippen molar-refractivity contribution in [2.24, 2.45) is 0 Å². The summed E-state index contributed by atoms with van der Waals surface area (Å²) in [5.41, 5.74) is 2.23. The topological polar surface area (TPSA) is 138 Å². The molecule has 10 heteroatoms. The molecule has 0 bridgehead atoms. The van der Waals surface area contributed by atoms with Crippen molar-refractivity contribution in [3.63, 3.8) is 0 Å². The van der Waals surface area contributed by atoms with E-state index in [1.807, 2.05) is 30.3 Å². The number of ether oxygens (including phenoxy) is 3. The van der Waals surface area contributed by atoms with Gasteiger partial charge in [-0.25, -0.2) is 9.97 Å². The first-order chi connectivity index (χ1) is 16.0. The summed E-state index contributed by atoms with van der Waals surface area (Å²) in [4.78, 5) is 19.7. The molecule has 2 aromatic carbocycles. The van der Waals surface area contributed by atoms with Crippen molar-refractivity contribution < 1.29 is 24.1 Å². The van der Waals surface area contributed by atoms with E-state index in [1.165, 1.54) is 18.1 Å². The summed E-state index contributed by atoms with van der Waals surface area (Å²) < 4.78 is 16.9. The second-order valence-corrected chi connectivity index (χ2v) is 8.38. The number of nitrogens with one attached hydrogen (secondary N) is 1. The normalized spacial score (nSPS) is 11.2. The third-order valence-electron chi connectivity index (χ3n) is 4.59. The van der Waals surface area contributed by atoms with Crippen LogP contribution in [0.2, 0.25) is 0 Å². The van der Waals surface area contributed by atoms with Crippen LogP contribution in [0.1, 0.15) is 12.5 Å². The van der Waals surface area contributed by atoms with Crippen LogP contribution < -0.4 is 20.9 Å². The van der Waals surface area contributed by atoms with Crippen molar-refractivity contribution >= 4 is 40.1 Å². The molecule has 1 aromatic heterocycles. The van der Waals surface area contributed by atoms with Gasteiger partial charge in [-0.2, -0.15) is 0 Å². The molecule has 0 saturated carbocycles. The van der Waals surface area contributed by atoms with Gasteiger partial charge in [-0.15, -0.1) is 18.2 Å². The first kappa shape index (κ1) is 26.7. The summed E-state index contributed by atoms with van der Waals surface area (Å²) in [7, 11) is 1.60. The molecule has 0 saturated heterocycles. The molecule has 0 aliphatic rings. The summed E-state index contributed by atoms with van der Waals surface area (Å²) >= 11 is 1.31. The second-order valence-electron chi connectivity index (χ2n) is 6.93. The molecule has 34 heavy (non-hydrogen) atoms. The van der Waals surface area contributed by atoms with E-state index < -0.39 is 11.2 Å². The van der Waals surface area contributed by atoms with Gasteiger partial charge in [-0.3, -0.25) is 4.79 Å². The minimum atomic E-state index is -0.848. The van der Waals surface area contributed by atoms with E-state index in [0.29, 0.717) is 48.4 Å².